The second-order valence-corrected chi connectivity index (χ2v) is 7.57. The van der Waals surface area contributed by atoms with Gasteiger partial charge < -0.3 is 9.80 Å². The molecule has 0 atom stereocenters. The number of aromatic nitrogens is 1. The molecule has 0 unspecified atom stereocenters. The van der Waals surface area contributed by atoms with Crippen LogP contribution in [-0.2, 0) is 11.2 Å². The van der Waals surface area contributed by atoms with E-state index in [1.165, 1.54) is 5.56 Å². The van der Waals surface area contributed by atoms with Crippen molar-refractivity contribution < 1.29 is 9.59 Å². The van der Waals surface area contributed by atoms with Crippen molar-refractivity contribution in [1.29, 1.82) is 0 Å². The van der Waals surface area contributed by atoms with Crippen LogP contribution in [0.5, 0.6) is 0 Å². The van der Waals surface area contributed by atoms with Gasteiger partial charge in [-0.25, -0.2) is 4.98 Å². The standard InChI is InChI=1S/C19H23N3O2S/c1-13-4-5-16(10-14(13)2)19(24)22-8-6-21(7-9-22)18(23)11-17-12-25-15(3)20-17/h4-5,10,12H,6-9,11H2,1-3H3. The minimum Gasteiger partial charge on any atom is -0.339 e. The molecule has 0 spiro atoms. The first kappa shape index (κ1) is 17.6. The molecule has 3 rings (SSSR count). The lowest BCUT2D eigenvalue weighted by Gasteiger charge is -2.34. The summed E-state index contributed by atoms with van der Waals surface area (Å²) in [7, 11) is 0. The molecular formula is C19H23N3O2S. The topological polar surface area (TPSA) is 53.5 Å². The largest absolute Gasteiger partial charge is 0.339 e. The van der Waals surface area contributed by atoms with Crippen LogP contribution in [0.3, 0.4) is 0 Å². The number of aryl methyl sites for hydroxylation is 3. The first-order valence-electron chi connectivity index (χ1n) is 8.49. The molecular weight excluding hydrogens is 334 g/mol. The molecule has 0 aliphatic carbocycles. The summed E-state index contributed by atoms with van der Waals surface area (Å²) in [6, 6.07) is 5.81. The van der Waals surface area contributed by atoms with Gasteiger partial charge in [0.05, 0.1) is 17.1 Å². The molecule has 1 aliphatic rings. The van der Waals surface area contributed by atoms with Gasteiger partial charge in [0.25, 0.3) is 5.91 Å². The number of benzene rings is 1. The lowest BCUT2D eigenvalue weighted by atomic mass is 10.1. The minimum atomic E-state index is 0.0466. The number of hydrogen-bond donors (Lipinski definition) is 0. The maximum absolute atomic E-state index is 12.6. The number of carbonyl (C=O) groups is 2. The van der Waals surface area contributed by atoms with E-state index in [4.69, 9.17) is 0 Å². The van der Waals surface area contributed by atoms with Crippen LogP contribution < -0.4 is 0 Å². The fourth-order valence-corrected chi connectivity index (χ4v) is 3.58. The fraction of sp³-hybridized carbons (Fsp3) is 0.421. The number of thiazole rings is 1. The monoisotopic (exact) mass is 357 g/mol. The Bertz CT molecular complexity index is 792. The lowest BCUT2D eigenvalue weighted by Crippen LogP contribution is -2.51. The Balaban J connectivity index is 1.56. The van der Waals surface area contributed by atoms with E-state index in [0.29, 0.717) is 32.6 Å². The summed E-state index contributed by atoms with van der Waals surface area (Å²) in [6.07, 6.45) is 0.343. The van der Waals surface area contributed by atoms with Crippen molar-refractivity contribution in [3.63, 3.8) is 0 Å². The predicted molar refractivity (Wildman–Crippen MR) is 99.0 cm³/mol. The van der Waals surface area contributed by atoms with Gasteiger partial charge in [0, 0.05) is 37.1 Å². The van der Waals surface area contributed by atoms with Gasteiger partial charge in [-0.3, -0.25) is 9.59 Å². The van der Waals surface area contributed by atoms with Gasteiger partial charge in [0.2, 0.25) is 5.91 Å². The molecule has 132 valence electrons. The van der Waals surface area contributed by atoms with Gasteiger partial charge >= 0.3 is 0 Å². The molecule has 1 aromatic carbocycles. The number of hydrogen-bond acceptors (Lipinski definition) is 4. The van der Waals surface area contributed by atoms with Crippen LogP contribution in [0.4, 0.5) is 0 Å². The van der Waals surface area contributed by atoms with Gasteiger partial charge in [-0.1, -0.05) is 6.07 Å². The predicted octanol–water partition coefficient (Wildman–Crippen LogP) is 2.60. The number of rotatable bonds is 3. The third kappa shape index (κ3) is 4.07. The van der Waals surface area contributed by atoms with Crippen molar-refractivity contribution >= 4 is 23.2 Å². The molecule has 6 heteroatoms. The average Bonchev–Trinajstić information content (AvgIpc) is 3.01. The Labute approximate surface area is 152 Å². The maximum Gasteiger partial charge on any atom is 0.253 e. The highest BCUT2D eigenvalue weighted by Crippen LogP contribution is 2.15. The van der Waals surface area contributed by atoms with Crippen molar-refractivity contribution in [1.82, 2.24) is 14.8 Å². The zero-order chi connectivity index (χ0) is 18.0. The maximum atomic E-state index is 12.6. The lowest BCUT2D eigenvalue weighted by molar-refractivity contribution is -0.132. The van der Waals surface area contributed by atoms with Crippen molar-refractivity contribution in [2.24, 2.45) is 0 Å². The molecule has 2 aromatic rings. The van der Waals surface area contributed by atoms with Gasteiger partial charge in [0.15, 0.2) is 0 Å². The van der Waals surface area contributed by atoms with E-state index in [1.54, 1.807) is 11.3 Å². The SMILES string of the molecule is Cc1nc(CC(=O)N2CCN(C(=O)c3ccc(C)c(C)c3)CC2)cs1. The highest BCUT2D eigenvalue weighted by molar-refractivity contribution is 7.09. The Morgan fingerprint density at radius 2 is 1.72 bits per heavy atom. The van der Waals surface area contributed by atoms with E-state index < -0.39 is 0 Å². The molecule has 25 heavy (non-hydrogen) atoms. The van der Waals surface area contributed by atoms with E-state index in [2.05, 4.69) is 4.98 Å². The Kier molecular flexibility index (Phi) is 5.18. The van der Waals surface area contributed by atoms with Crippen LogP contribution >= 0.6 is 11.3 Å². The Morgan fingerprint density at radius 3 is 2.32 bits per heavy atom. The Morgan fingerprint density at radius 1 is 1.04 bits per heavy atom. The first-order valence-corrected chi connectivity index (χ1v) is 9.37. The fourth-order valence-electron chi connectivity index (χ4n) is 2.97. The molecule has 5 nitrogen and oxygen atoms in total. The highest BCUT2D eigenvalue weighted by Gasteiger charge is 2.25. The molecule has 1 fully saturated rings. The molecule has 2 amide bonds. The van der Waals surface area contributed by atoms with Crippen LogP contribution in [-0.4, -0.2) is 52.8 Å². The third-order valence-electron chi connectivity index (χ3n) is 4.67. The summed E-state index contributed by atoms with van der Waals surface area (Å²) in [5.74, 6) is 0.133. The zero-order valence-corrected chi connectivity index (χ0v) is 15.7. The van der Waals surface area contributed by atoms with Crippen LogP contribution in [0.25, 0.3) is 0 Å². The van der Waals surface area contributed by atoms with Crippen LogP contribution in [0.1, 0.15) is 32.2 Å². The molecule has 0 N–H and O–H groups in total. The molecule has 1 aromatic heterocycles. The van der Waals surface area contributed by atoms with Gasteiger partial charge in [-0.05, 0) is 44.0 Å². The van der Waals surface area contributed by atoms with E-state index in [1.807, 2.05) is 54.2 Å². The third-order valence-corrected chi connectivity index (χ3v) is 5.49. The van der Waals surface area contributed by atoms with Crippen molar-refractivity contribution in [3.05, 3.63) is 51.0 Å². The molecule has 0 bridgehead atoms. The van der Waals surface area contributed by atoms with Gasteiger partial charge in [0.1, 0.15) is 0 Å². The van der Waals surface area contributed by atoms with Crippen LogP contribution in [0, 0.1) is 20.8 Å². The van der Waals surface area contributed by atoms with Crippen LogP contribution in [0.2, 0.25) is 0 Å². The first-order chi connectivity index (χ1) is 11.9. The molecule has 2 heterocycles. The summed E-state index contributed by atoms with van der Waals surface area (Å²) in [6.45, 7) is 8.31. The second-order valence-electron chi connectivity index (χ2n) is 6.51. The van der Waals surface area contributed by atoms with Crippen molar-refractivity contribution in [2.45, 2.75) is 27.2 Å². The second kappa shape index (κ2) is 7.35. The Hall–Kier alpha value is -2.21. The minimum absolute atomic E-state index is 0.0466. The summed E-state index contributed by atoms with van der Waals surface area (Å²) >= 11 is 1.56. The summed E-state index contributed by atoms with van der Waals surface area (Å²) in [4.78, 5) is 33.1. The van der Waals surface area contributed by atoms with E-state index >= 15 is 0 Å². The highest BCUT2D eigenvalue weighted by atomic mass is 32.1. The molecule has 1 aliphatic heterocycles. The van der Waals surface area contributed by atoms with Gasteiger partial charge in [-0.2, -0.15) is 0 Å². The number of carbonyl (C=O) groups excluding carboxylic acids is 2. The zero-order valence-electron chi connectivity index (χ0n) is 14.9. The normalized spacial score (nSPS) is 14.7. The summed E-state index contributed by atoms with van der Waals surface area (Å²) in [5, 5.41) is 2.92. The summed E-state index contributed by atoms with van der Waals surface area (Å²) < 4.78 is 0. The number of amides is 2. The van der Waals surface area contributed by atoms with Crippen molar-refractivity contribution in [2.75, 3.05) is 26.2 Å². The van der Waals surface area contributed by atoms with Crippen molar-refractivity contribution in [3.8, 4) is 0 Å². The van der Waals surface area contributed by atoms with E-state index in [-0.39, 0.29) is 11.8 Å². The molecule has 1 saturated heterocycles. The number of piperazine rings is 1. The van der Waals surface area contributed by atoms with Gasteiger partial charge in [-0.15, -0.1) is 11.3 Å². The quantitative estimate of drug-likeness (QED) is 0.848. The van der Waals surface area contributed by atoms with E-state index in [9.17, 15) is 9.59 Å². The summed E-state index contributed by atoms with van der Waals surface area (Å²) in [5.41, 5.74) is 3.87. The molecule has 0 radical (unpaired) electrons. The van der Waals surface area contributed by atoms with E-state index in [0.717, 1.165) is 21.8 Å². The average molecular weight is 357 g/mol. The molecule has 0 saturated carbocycles. The van der Waals surface area contributed by atoms with Crippen LogP contribution in [0.15, 0.2) is 23.6 Å². The number of nitrogens with zero attached hydrogens (tertiary/aromatic N) is 3. The smallest absolute Gasteiger partial charge is 0.253 e.